The summed E-state index contributed by atoms with van der Waals surface area (Å²) in [7, 11) is 0. The van der Waals surface area contributed by atoms with E-state index in [2.05, 4.69) is 31.7 Å². The van der Waals surface area contributed by atoms with Crippen LogP contribution in [0.25, 0.3) is 0 Å². The molecule has 1 rings (SSSR count). The van der Waals surface area contributed by atoms with Crippen molar-refractivity contribution in [1.29, 1.82) is 0 Å². The lowest BCUT2D eigenvalue weighted by molar-refractivity contribution is 0.168. The highest BCUT2D eigenvalue weighted by atomic mass is 16.3. The second-order valence-corrected chi connectivity index (χ2v) is 4.47. The molecule has 13 heavy (non-hydrogen) atoms. The molecule has 1 aliphatic heterocycles. The van der Waals surface area contributed by atoms with Gasteiger partial charge in [0.25, 0.3) is 0 Å². The van der Waals surface area contributed by atoms with E-state index in [1.807, 2.05) is 0 Å². The molecule has 1 aliphatic rings. The molecule has 0 fully saturated rings. The molecular weight excluding hydrogens is 162 g/mol. The van der Waals surface area contributed by atoms with Gasteiger partial charge in [0.2, 0.25) is 0 Å². The van der Waals surface area contributed by atoms with Gasteiger partial charge in [-0.1, -0.05) is 25.5 Å². The molecule has 0 saturated carbocycles. The third-order valence-electron chi connectivity index (χ3n) is 2.47. The van der Waals surface area contributed by atoms with Crippen LogP contribution in [0, 0.1) is 11.8 Å². The lowest BCUT2D eigenvalue weighted by Gasteiger charge is -2.31. The van der Waals surface area contributed by atoms with Crippen LogP contribution >= 0.6 is 0 Å². The van der Waals surface area contributed by atoms with Gasteiger partial charge in [-0.2, -0.15) is 0 Å². The fourth-order valence-electron chi connectivity index (χ4n) is 2.05. The Labute approximate surface area is 81.2 Å². The number of nitrogens with zero attached hydrogens (tertiary/aromatic N) is 1. The molecule has 2 nitrogen and oxygen atoms in total. The van der Waals surface area contributed by atoms with Gasteiger partial charge in [-0.25, -0.2) is 0 Å². The monoisotopic (exact) mass is 183 g/mol. The fourth-order valence-corrected chi connectivity index (χ4v) is 2.05. The van der Waals surface area contributed by atoms with Gasteiger partial charge in [0, 0.05) is 26.2 Å². The van der Waals surface area contributed by atoms with Crippen LogP contribution in [-0.2, 0) is 0 Å². The van der Waals surface area contributed by atoms with Crippen LogP contribution in [0.3, 0.4) is 0 Å². The molecule has 0 aliphatic carbocycles. The molecule has 0 saturated heterocycles. The van der Waals surface area contributed by atoms with Gasteiger partial charge in [-0.3, -0.25) is 4.90 Å². The Hall–Kier alpha value is -0.340. The maximum atomic E-state index is 8.96. The van der Waals surface area contributed by atoms with Crippen LogP contribution in [0.15, 0.2) is 11.6 Å². The minimum Gasteiger partial charge on any atom is -0.396 e. The molecule has 2 unspecified atom stereocenters. The zero-order valence-corrected chi connectivity index (χ0v) is 8.95. The van der Waals surface area contributed by atoms with Crippen LogP contribution in [0.5, 0.6) is 0 Å². The van der Waals surface area contributed by atoms with E-state index in [4.69, 9.17) is 5.11 Å². The first-order chi connectivity index (χ1) is 6.11. The average molecular weight is 183 g/mol. The minimum atomic E-state index is 0.299. The lowest BCUT2D eigenvalue weighted by Crippen LogP contribution is -2.37. The van der Waals surface area contributed by atoms with Crippen molar-refractivity contribution in [1.82, 2.24) is 4.90 Å². The highest BCUT2D eigenvalue weighted by Gasteiger charge is 2.16. The molecule has 1 heterocycles. The Bertz CT molecular complexity index is 189. The number of aliphatic hydroxyl groups is 1. The van der Waals surface area contributed by atoms with Crippen molar-refractivity contribution in [2.45, 2.75) is 20.8 Å². The Morgan fingerprint density at radius 3 is 2.92 bits per heavy atom. The standard InChI is InChI=1S/C11H21NO/c1-9-4-10(2)6-12(5-9)7-11(3)8-13/h4,9,11,13H,5-8H2,1-3H3. The van der Waals surface area contributed by atoms with Crippen LogP contribution in [0.1, 0.15) is 20.8 Å². The fraction of sp³-hybridized carbons (Fsp3) is 0.818. The molecule has 0 spiro atoms. The number of aliphatic hydroxyl groups excluding tert-OH is 1. The topological polar surface area (TPSA) is 23.5 Å². The van der Waals surface area contributed by atoms with E-state index >= 15 is 0 Å². The summed E-state index contributed by atoms with van der Waals surface area (Å²) in [5.74, 6) is 1.07. The van der Waals surface area contributed by atoms with Crippen LogP contribution < -0.4 is 0 Å². The highest BCUT2D eigenvalue weighted by molar-refractivity contribution is 5.07. The Balaban J connectivity index is 2.41. The number of hydrogen-bond donors (Lipinski definition) is 1. The molecule has 76 valence electrons. The maximum absolute atomic E-state index is 8.96. The smallest absolute Gasteiger partial charge is 0.0468 e. The normalized spacial score (nSPS) is 27.1. The largest absolute Gasteiger partial charge is 0.396 e. The summed E-state index contributed by atoms with van der Waals surface area (Å²) in [5, 5.41) is 8.96. The average Bonchev–Trinajstić information content (AvgIpc) is 2.02. The molecule has 2 heteroatoms. The van der Waals surface area contributed by atoms with Crippen molar-refractivity contribution in [3.05, 3.63) is 11.6 Å². The first-order valence-corrected chi connectivity index (χ1v) is 5.12. The van der Waals surface area contributed by atoms with E-state index < -0.39 is 0 Å². The summed E-state index contributed by atoms with van der Waals surface area (Å²) < 4.78 is 0. The molecular formula is C11H21NO. The Morgan fingerprint density at radius 2 is 2.38 bits per heavy atom. The van der Waals surface area contributed by atoms with Crippen molar-refractivity contribution in [3.8, 4) is 0 Å². The maximum Gasteiger partial charge on any atom is 0.0468 e. The summed E-state index contributed by atoms with van der Waals surface area (Å²) in [6.07, 6.45) is 2.35. The van der Waals surface area contributed by atoms with Gasteiger partial charge < -0.3 is 5.11 Å². The van der Waals surface area contributed by atoms with E-state index in [1.165, 1.54) is 5.57 Å². The van der Waals surface area contributed by atoms with Gasteiger partial charge in [-0.05, 0) is 18.8 Å². The van der Waals surface area contributed by atoms with Crippen molar-refractivity contribution >= 4 is 0 Å². The Morgan fingerprint density at radius 1 is 1.69 bits per heavy atom. The van der Waals surface area contributed by atoms with E-state index in [0.717, 1.165) is 19.6 Å². The number of hydrogen-bond acceptors (Lipinski definition) is 2. The van der Waals surface area contributed by atoms with E-state index in [9.17, 15) is 0 Å². The summed E-state index contributed by atoms with van der Waals surface area (Å²) in [4.78, 5) is 2.43. The quantitative estimate of drug-likeness (QED) is 0.670. The third-order valence-corrected chi connectivity index (χ3v) is 2.47. The van der Waals surface area contributed by atoms with Gasteiger partial charge >= 0.3 is 0 Å². The summed E-state index contributed by atoms with van der Waals surface area (Å²) in [5.41, 5.74) is 1.46. The van der Waals surface area contributed by atoms with Crippen LogP contribution in [0.2, 0.25) is 0 Å². The molecule has 0 amide bonds. The van der Waals surface area contributed by atoms with Crippen molar-refractivity contribution in [2.24, 2.45) is 11.8 Å². The highest BCUT2D eigenvalue weighted by Crippen LogP contribution is 2.15. The molecule has 2 atom stereocenters. The first-order valence-electron chi connectivity index (χ1n) is 5.12. The second kappa shape index (κ2) is 4.77. The van der Waals surface area contributed by atoms with Gasteiger partial charge in [0.15, 0.2) is 0 Å². The SMILES string of the molecule is CC1=CC(C)CN(CC(C)CO)C1. The van der Waals surface area contributed by atoms with E-state index in [-0.39, 0.29) is 0 Å². The zero-order chi connectivity index (χ0) is 9.84. The molecule has 0 bridgehead atoms. The van der Waals surface area contributed by atoms with Gasteiger partial charge in [0.05, 0.1) is 0 Å². The lowest BCUT2D eigenvalue weighted by atomic mass is 10.0. The molecule has 0 aromatic heterocycles. The van der Waals surface area contributed by atoms with E-state index in [0.29, 0.717) is 18.4 Å². The molecule has 1 N–H and O–H groups in total. The van der Waals surface area contributed by atoms with Crippen molar-refractivity contribution in [2.75, 3.05) is 26.2 Å². The van der Waals surface area contributed by atoms with E-state index in [1.54, 1.807) is 0 Å². The predicted molar refractivity (Wildman–Crippen MR) is 55.6 cm³/mol. The van der Waals surface area contributed by atoms with Gasteiger partial charge in [-0.15, -0.1) is 0 Å². The summed E-state index contributed by atoms with van der Waals surface area (Å²) in [6, 6.07) is 0. The predicted octanol–water partition coefficient (Wildman–Crippen LogP) is 1.51. The second-order valence-electron chi connectivity index (χ2n) is 4.47. The number of rotatable bonds is 3. The van der Waals surface area contributed by atoms with Gasteiger partial charge in [0.1, 0.15) is 0 Å². The summed E-state index contributed by atoms with van der Waals surface area (Å²) in [6.45, 7) is 10.1. The van der Waals surface area contributed by atoms with Crippen molar-refractivity contribution < 1.29 is 5.11 Å². The third kappa shape index (κ3) is 3.49. The van der Waals surface area contributed by atoms with Crippen LogP contribution in [-0.4, -0.2) is 36.2 Å². The molecule has 0 aromatic rings. The van der Waals surface area contributed by atoms with Crippen molar-refractivity contribution in [3.63, 3.8) is 0 Å². The molecule has 0 radical (unpaired) electrons. The Kier molecular flexibility index (Phi) is 3.94. The molecule has 0 aromatic carbocycles. The summed E-state index contributed by atoms with van der Waals surface area (Å²) >= 11 is 0. The van der Waals surface area contributed by atoms with Crippen LogP contribution in [0.4, 0.5) is 0 Å². The minimum absolute atomic E-state index is 0.299. The first kappa shape index (κ1) is 10.7. The zero-order valence-electron chi connectivity index (χ0n) is 8.95.